The third-order valence-electron chi connectivity index (χ3n) is 3.40. The molecule has 0 aliphatic heterocycles. The molecule has 0 spiro atoms. The molecular formula is C20H31N3O5S. The van der Waals surface area contributed by atoms with Crippen LogP contribution in [-0.4, -0.2) is 46.9 Å². The Bertz CT molecular complexity index is 649. The molecule has 8 nitrogen and oxygen atoms in total. The SMILES string of the molecule is CCSC(=O)N(CCCCNC(=O)OCc1ccccc1)NC(=O)OC(C)(C)C. The number of hydrogen-bond donors (Lipinski definition) is 2. The first-order valence-corrected chi connectivity index (χ1v) is 10.6. The Hall–Kier alpha value is -2.42. The Labute approximate surface area is 176 Å². The van der Waals surface area contributed by atoms with E-state index in [0.717, 1.165) is 17.3 Å². The molecule has 0 radical (unpaired) electrons. The van der Waals surface area contributed by atoms with E-state index in [4.69, 9.17) is 9.47 Å². The van der Waals surface area contributed by atoms with Crippen molar-refractivity contribution in [2.45, 2.75) is 52.7 Å². The number of benzene rings is 1. The van der Waals surface area contributed by atoms with Crippen LogP contribution >= 0.6 is 11.8 Å². The number of nitrogens with zero attached hydrogens (tertiary/aromatic N) is 1. The number of hydrazine groups is 1. The van der Waals surface area contributed by atoms with Crippen LogP contribution in [0.4, 0.5) is 14.4 Å². The van der Waals surface area contributed by atoms with Gasteiger partial charge in [-0.3, -0.25) is 4.79 Å². The number of carbonyl (C=O) groups is 3. The highest BCUT2D eigenvalue weighted by atomic mass is 32.2. The van der Waals surface area contributed by atoms with Crippen molar-refractivity contribution < 1.29 is 23.9 Å². The molecule has 1 aromatic rings. The minimum Gasteiger partial charge on any atom is -0.445 e. The Morgan fingerprint density at radius 1 is 1.07 bits per heavy atom. The van der Waals surface area contributed by atoms with Crippen LogP contribution in [0.2, 0.25) is 0 Å². The number of thioether (sulfide) groups is 1. The predicted molar refractivity (Wildman–Crippen MR) is 113 cm³/mol. The molecule has 1 aromatic carbocycles. The summed E-state index contributed by atoms with van der Waals surface area (Å²) >= 11 is 1.10. The first-order valence-electron chi connectivity index (χ1n) is 9.59. The monoisotopic (exact) mass is 425 g/mol. The van der Waals surface area contributed by atoms with Crippen LogP contribution in [0.25, 0.3) is 0 Å². The molecule has 3 amide bonds. The van der Waals surface area contributed by atoms with Crippen LogP contribution in [0, 0.1) is 0 Å². The Morgan fingerprint density at radius 3 is 2.38 bits per heavy atom. The molecule has 0 fully saturated rings. The molecule has 162 valence electrons. The summed E-state index contributed by atoms with van der Waals surface area (Å²) in [6, 6.07) is 9.42. The van der Waals surface area contributed by atoms with Crippen LogP contribution in [0.3, 0.4) is 0 Å². The van der Waals surface area contributed by atoms with Gasteiger partial charge in [0.2, 0.25) is 0 Å². The third kappa shape index (κ3) is 11.9. The van der Waals surface area contributed by atoms with E-state index in [1.54, 1.807) is 20.8 Å². The van der Waals surface area contributed by atoms with Crippen molar-refractivity contribution in [2.75, 3.05) is 18.8 Å². The Morgan fingerprint density at radius 2 is 1.76 bits per heavy atom. The van der Waals surface area contributed by atoms with Crippen molar-refractivity contribution in [3.05, 3.63) is 35.9 Å². The van der Waals surface area contributed by atoms with Gasteiger partial charge in [-0.15, -0.1) is 0 Å². The maximum atomic E-state index is 12.2. The molecule has 0 aliphatic rings. The van der Waals surface area contributed by atoms with Crippen LogP contribution in [0.5, 0.6) is 0 Å². The number of rotatable bonds is 8. The molecule has 2 N–H and O–H groups in total. The van der Waals surface area contributed by atoms with Gasteiger partial charge in [-0.1, -0.05) is 49.0 Å². The number of carbonyl (C=O) groups excluding carboxylic acids is 3. The molecule has 0 saturated heterocycles. The van der Waals surface area contributed by atoms with Crippen molar-refractivity contribution in [3.8, 4) is 0 Å². The number of nitrogens with one attached hydrogen (secondary N) is 2. The van der Waals surface area contributed by atoms with E-state index in [1.165, 1.54) is 5.01 Å². The molecule has 0 unspecified atom stereocenters. The van der Waals surface area contributed by atoms with Gasteiger partial charge in [0.1, 0.15) is 12.2 Å². The van der Waals surface area contributed by atoms with Crippen molar-refractivity contribution in [3.63, 3.8) is 0 Å². The standard InChI is InChI=1S/C20H31N3O5S/c1-5-29-19(26)23(22-18(25)28-20(2,3)4)14-10-9-13-21-17(24)27-15-16-11-7-6-8-12-16/h6-8,11-12H,5,9-10,13-15H2,1-4H3,(H,21,24)(H,22,25). The molecule has 29 heavy (non-hydrogen) atoms. The highest BCUT2D eigenvalue weighted by Gasteiger charge is 2.21. The van der Waals surface area contributed by atoms with Crippen molar-refractivity contribution >= 4 is 29.2 Å². The lowest BCUT2D eigenvalue weighted by Gasteiger charge is -2.25. The van der Waals surface area contributed by atoms with E-state index in [9.17, 15) is 14.4 Å². The molecule has 0 heterocycles. The van der Waals surface area contributed by atoms with Gasteiger partial charge in [0, 0.05) is 13.1 Å². The van der Waals surface area contributed by atoms with E-state index >= 15 is 0 Å². The van der Waals surface area contributed by atoms with Gasteiger partial charge in [-0.2, -0.15) is 0 Å². The molecule has 0 atom stereocenters. The smallest absolute Gasteiger partial charge is 0.426 e. The summed E-state index contributed by atoms with van der Waals surface area (Å²) in [6.45, 7) is 8.04. The van der Waals surface area contributed by atoms with E-state index in [0.29, 0.717) is 31.7 Å². The zero-order valence-electron chi connectivity index (χ0n) is 17.5. The lowest BCUT2D eigenvalue weighted by molar-refractivity contribution is 0.0393. The summed E-state index contributed by atoms with van der Waals surface area (Å²) < 4.78 is 10.3. The van der Waals surface area contributed by atoms with E-state index in [1.807, 2.05) is 37.3 Å². The number of amides is 3. The highest BCUT2D eigenvalue weighted by molar-refractivity contribution is 8.13. The third-order valence-corrected chi connectivity index (χ3v) is 4.16. The van der Waals surface area contributed by atoms with E-state index in [2.05, 4.69) is 10.7 Å². The summed E-state index contributed by atoms with van der Waals surface area (Å²) in [5.74, 6) is 0.597. The Balaban J connectivity index is 2.31. The first kappa shape index (κ1) is 24.6. The van der Waals surface area contributed by atoms with Gasteiger partial charge in [-0.05, 0) is 44.9 Å². The second-order valence-corrected chi connectivity index (χ2v) is 8.38. The van der Waals surface area contributed by atoms with E-state index < -0.39 is 17.8 Å². The Kier molecular flexibility index (Phi) is 11.0. The van der Waals surface area contributed by atoms with Crippen LogP contribution < -0.4 is 10.7 Å². The van der Waals surface area contributed by atoms with Gasteiger partial charge in [-0.25, -0.2) is 20.0 Å². The average molecular weight is 426 g/mol. The van der Waals surface area contributed by atoms with Crippen LogP contribution in [0.1, 0.15) is 46.1 Å². The fourth-order valence-corrected chi connectivity index (χ4v) is 2.70. The van der Waals surface area contributed by atoms with Gasteiger partial charge in [0.25, 0.3) is 5.24 Å². The molecule has 0 saturated carbocycles. The maximum Gasteiger partial charge on any atom is 0.426 e. The second kappa shape index (κ2) is 12.9. The number of unbranched alkanes of at least 4 members (excludes halogenated alkanes) is 1. The van der Waals surface area contributed by atoms with Crippen molar-refractivity contribution in [1.82, 2.24) is 15.8 Å². The highest BCUT2D eigenvalue weighted by Crippen LogP contribution is 2.10. The summed E-state index contributed by atoms with van der Waals surface area (Å²) in [6.07, 6.45) is 0.0438. The lowest BCUT2D eigenvalue weighted by Crippen LogP contribution is -2.47. The summed E-state index contributed by atoms with van der Waals surface area (Å²) in [5, 5.41) is 3.66. The van der Waals surface area contributed by atoms with Gasteiger partial charge < -0.3 is 14.8 Å². The summed E-state index contributed by atoms with van der Waals surface area (Å²) in [5.41, 5.74) is 2.75. The molecule has 0 bridgehead atoms. The molecule has 0 aliphatic carbocycles. The first-order chi connectivity index (χ1) is 13.7. The van der Waals surface area contributed by atoms with Gasteiger partial charge in [0.05, 0.1) is 0 Å². The lowest BCUT2D eigenvalue weighted by atomic mass is 10.2. The quantitative estimate of drug-likeness (QED) is 0.476. The molecule has 9 heteroatoms. The largest absolute Gasteiger partial charge is 0.445 e. The minimum absolute atomic E-state index is 0.211. The number of ether oxygens (including phenoxy) is 2. The fourth-order valence-electron chi connectivity index (χ4n) is 2.16. The second-order valence-electron chi connectivity index (χ2n) is 7.16. The molecule has 0 aromatic heterocycles. The van der Waals surface area contributed by atoms with Gasteiger partial charge >= 0.3 is 12.2 Å². The zero-order valence-corrected chi connectivity index (χ0v) is 18.3. The molecule has 1 rings (SSSR count). The molecular weight excluding hydrogens is 394 g/mol. The average Bonchev–Trinajstić information content (AvgIpc) is 2.64. The number of hydrogen-bond acceptors (Lipinski definition) is 6. The minimum atomic E-state index is -0.676. The van der Waals surface area contributed by atoms with Crippen molar-refractivity contribution in [2.24, 2.45) is 0 Å². The fraction of sp³-hybridized carbons (Fsp3) is 0.550. The van der Waals surface area contributed by atoms with Crippen LogP contribution in [-0.2, 0) is 16.1 Å². The zero-order chi connectivity index (χ0) is 21.7. The topological polar surface area (TPSA) is 97.0 Å². The summed E-state index contributed by atoms with van der Waals surface area (Å²) in [4.78, 5) is 35.8. The number of alkyl carbamates (subject to hydrolysis) is 1. The normalized spacial score (nSPS) is 10.8. The van der Waals surface area contributed by atoms with E-state index in [-0.39, 0.29) is 11.8 Å². The maximum absolute atomic E-state index is 12.2. The van der Waals surface area contributed by atoms with Crippen LogP contribution in [0.15, 0.2) is 30.3 Å². The van der Waals surface area contributed by atoms with Crippen molar-refractivity contribution in [1.29, 1.82) is 0 Å². The predicted octanol–water partition coefficient (Wildman–Crippen LogP) is 4.31. The summed E-state index contributed by atoms with van der Waals surface area (Å²) in [7, 11) is 0. The van der Waals surface area contributed by atoms with Gasteiger partial charge in [0.15, 0.2) is 0 Å².